The molecule has 0 aliphatic carbocycles. The van der Waals surface area contributed by atoms with Gasteiger partial charge in [0.15, 0.2) is 0 Å². The number of nitrogens with one attached hydrogen (secondary N) is 1. The second-order valence-electron chi connectivity index (χ2n) is 4.06. The first-order valence-electron chi connectivity index (χ1n) is 5.39. The molecule has 0 radical (unpaired) electrons. The van der Waals surface area contributed by atoms with Gasteiger partial charge in [0.05, 0.1) is 18.0 Å². The van der Waals surface area contributed by atoms with Crippen molar-refractivity contribution in [3.05, 3.63) is 29.6 Å². The number of rotatable bonds is 6. The van der Waals surface area contributed by atoms with Crippen LogP contribution in [0.2, 0.25) is 0 Å². The van der Waals surface area contributed by atoms with E-state index in [1.54, 1.807) is 0 Å². The third-order valence-corrected chi connectivity index (χ3v) is 1.92. The molecule has 84 valence electrons. The van der Waals surface area contributed by atoms with E-state index in [0.29, 0.717) is 12.5 Å². The van der Waals surface area contributed by atoms with Gasteiger partial charge < -0.3 is 10.1 Å². The summed E-state index contributed by atoms with van der Waals surface area (Å²) in [5.74, 6) is 0.575. The standard InChI is InChI=1S/C12H20N2O/c1-10(2)8-15-9-12-6-4-5-11(14-12)7-13-3/h4-6,10,13H,7-9H2,1-3H3. The average molecular weight is 208 g/mol. The molecule has 3 nitrogen and oxygen atoms in total. The molecule has 0 spiro atoms. The highest BCUT2D eigenvalue weighted by molar-refractivity contribution is 5.10. The van der Waals surface area contributed by atoms with Crippen LogP contribution in [0.5, 0.6) is 0 Å². The Bertz CT molecular complexity index is 287. The van der Waals surface area contributed by atoms with E-state index in [9.17, 15) is 0 Å². The van der Waals surface area contributed by atoms with E-state index >= 15 is 0 Å². The SMILES string of the molecule is CNCc1cccc(COCC(C)C)n1. The maximum Gasteiger partial charge on any atom is 0.0888 e. The van der Waals surface area contributed by atoms with E-state index in [-0.39, 0.29) is 0 Å². The normalized spacial score (nSPS) is 10.9. The van der Waals surface area contributed by atoms with Gasteiger partial charge in [-0.2, -0.15) is 0 Å². The van der Waals surface area contributed by atoms with Crippen LogP contribution >= 0.6 is 0 Å². The zero-order chi connectivity index (χ0) is 11.1. The Morgan fingerprint density at radius 1 is 1.33 bits per heavy atom. The molecule has 1 heterocycles. The van der Waals surface area contributed by atoms with Gasteiger partial charge in [0, 0.05) is 13.2 Å². The molecule has 0 fully saturated rings. The Morgan fingerprint density at radius 3 is 2.73 bits per heavy atom. The predicted octanol–water partition coefficient (Wildman–Crippen LogP) is 1.97. The second-order valence-corrected chi connectivity index (χ2v) is 4.06. The largest absolute Gasteiger partial charge is 0.375 e. The molecule has 0 unspecified atom stereocenters. The number of ether oxygens (including phenoxy) is 1. The molecule has 0 aromatic carbocycles. The van der Waals surface area contributed by atoms with Gasteiger partial charge in [-0.05, 0) is 25.1 Å². The summed E-state index contributed by atoms with van der Waals surface area (Å²) >= 11 is 0. The van der Waals surface area contributed by atoms with Crippen LogP contribution in [0.25, 0.3) is 0 Å². The number of pyridine rings is 1. The summed E-state index contributed by atoms with van der Waals surface area (Å²) in [4.78, 5) is 4.47. The minimum absolute atomic E-state index is 0.575. The molecule has 0 aliphatic rings. The number of hydrogen-bond donors (Lipinski definition) is 1. The lowest BCUT2D eigenvalue weighted by Gasteiger charge is -2.07. The maximum atomic E-state index is 5.53. The van der Waals surface area contributed by atoms with Gasteiger partial charge >= 0.3 is 0 Å². The van der Waals surface area contributed by atoms with Crippen LogP contribution in [-0.2, 0) is 17.9 Å². The lowest BCUT2D eigenvalue weighted by atomic mass is 10.2. The van der Waals surface area contributed by atoms with Crippen LogP contribution in [0.3, 0.4) is 0 Å². The van der Waals surface area contributed by atoms with E-state index in [1.165, 1.54) is 0 Å². The van der Waals surface area contributed by atoms with Crippen molar-refractivity contribution >= 4 is 0 Å². The highest BCUT2D eigenvalue weighted by Gasteiger charge is 1.98. The summed E-state index contributed by atoms with van der Waals surface area (Å²) in [6.07, 6.45) is 0. The first kappa shape index (κ1) is 12.1. The predicted molar refractivity (Wildman–Crippen MR) is 61.5 cm³/mol. The van der Waals surface area contributed by atoms with Gasteiger partial charge in [-0.1, -0.05) is 19.9 Å². The van der Waals surface area contributed by atoms with Crippen molar-refractivity contribution in [3.8, 4) is 0 Å². The summed E-state index contributed by atoms with van der Waals surface area (Å²) in [7, 11) is 1.92. The minimum Gasteiger partial charge on any atom is -0.375 e. The van der Waals surface area contributed by atoms with Crippen LogP contribution in [0.15, 0.2) is 18.2 Å². The van der Waals surface area contributed by atoms with Crippen molar-refractivity contribution in [2.45, 2.75) is 27.0 Å². The highest BCUT2D eigenvalue weighted by atomic mass is 16.5. The molecule has 0 amide bonds. The first-order chi connectivity index (χ1) is 7.22. The fourth-order valence-corrected chi connectivity index (χ4v) is 1.29. The molecule has 0 saturated heterocycles. The summed E-state index contributed by atoms with van der Waals surface area (Å²) in [5.41, 5.74) is 2.06. The van der Waals surface area contributed by atoms with Crippen LogP contribution in [0, 0.1) is 5.92 Å². The van der Waals surface area contributed by atoms with E-state index in [2.05, 4.69) is 24.1 Å². The Balaban J connectivity index is 2.43. The molecule has 1 aromatic rings. The molecule has 1 N–H and O–H groups in total. The van der Waals surface area contributed by atoms with E-state index < -0.39 is 0 Å². The van der Waals surface area contributed by atoms with Gasteiger partial charge in [0.25, 0.3) is 0 Å². The van der Waals surface area contributed by atoms with Crippen LogP contribution in [0.1, 0.15) is 25.2 Å². The van der Waals surface area contributed by atoms with E-state index in [4.69, 9.17) is 4.74 Å². The zero-order valence-corrected chi connectivity index (χ0v) is 9.79. The van der Waals surface area contributed by atoms with Crippen LogP contribution < -0.4 is 5.32 Å². The molecule has 0 aliphatic heterocycles. The lowest BCUT2D eigenvalue weighted by molar-refractivity contribution is 0.0947. The number of aromatic nitrogens is 1. The van der Waals surface area contributed by atoms with Gasteiger partial charge in [0.2, 0.25) is 0 Å². The molecular weight excluding hydrogens is 188 g/mol. The Morgan fingerprint density at radius 2 is 2.07 bits per heavy atom. The van der Waals surface area contributed by atoms with Gasteiger partial charge in [0.1, 0.15) is 0 Å². The molecule has 15 heavy (non-hydrogen) atoms. The van der Waals surface area contributed by atoms with Crippen molar-refractivity contribution in [1.29, 1.82) is 0 Å². The Hall–Kier alpha value is -0.930. The van der Waals surface area contributed by atoms with E-state index in [1.807, 2.05) is 25.2 Å². The van der Waals surface area contributed by atoms with Crippen LogP contribution in [0.4, 0.5) is 0 Å². The first-order valence-corrected chi connectivity index (χ1v) is 5.39. The fourth-order valence-electron chi connectivity index (χ4n) is 1.29. The van der Waals surface area contributed by atoms with Gasteiger partial charge in [-0.15, -0.1) is 0 Å². The molecule has 1 aromatic heterocycles. The van der Waals surface area contributed by atoms with Crippen molar-refractivity contribution < 1.29 is 4.74 Å². The maximum absolute atomic E-state index is 5.53. The Labute approximate surface area is 91.9 Å². The van der Waals surface area contributed by atoms with Crippen molar-refractivity contribution in [1.82, 2.24) is 10.3 Å². The third kappa shape index (κ3) is 4.91. The van der Waals surface area contributed by atoms with Crippen molar-refractivity contribution in [3.63, 3.8) is 0 Å². The number of nitrogens with zero attached hydrogens (tertiary/aromatic N) is 1. The summed E-state index contributed by atoms with van der Waals surface area (Å²) < 4.78 is 5.53. The quantitative estimate of drug-likeness (QED) is 0.776. The molecule has 1 rings (SSSR count). The molecule has 0 saturated carbocycles. The summed E-state index contributed by atoms with van der Waals surface area (Å²) in [6.45, 7) is 6.49. The zero-order valence-electron chi connectivity index (χ0n) is 9.79. The fraction of sp³-hybridized carbons (Fsp3) is 0.583. The topological polar surface area (TPSA) is 34.1 Å². The number of hydrogen-bond acceptors (Lipinski definition) is 3. The lowest BCUT2D eigenvalue weighted by Crippen LogP contribution is -2.09. The molecule has 3 heteroatoms. The second kappa shape index (κ2) is 6.53. The third-order valence-electron chi connectivity index (χ3n) is 1.92. The molecular formula is C12H20N2O. The van der Waals surface area contributed by atoms with E-state index in [0.717, 1.165) is 24.5 Å². The molecule has 0 bridgehead atoms. The monoisotopic (exact) mass is 208 g/mol. The highest BCUT2D eigenvalue weighted by Crippen LogP contribution is 2.02. The summed E-state index contributed by atoms with van der Waals surface area (Å²) in [5, 5.41) is 3.08. The van der Waals surface area contributed by atoms with Gasteiger partial charge in [-0.25, -0.2) is 0 Å². The van der Waals surface area contributed by atoms with Crippen molar-refractivity contribution in [2.75, 3.05) is 13.7 Å². The van der Waals surface area contributed by atoms with Gasteiger partial charge in [-0.3, -0.25) is 4.98 Å². The molecule has 0 atom stereocenters. The average Bonchev–Trinajstić information content (AvgIpc) is 2.18. The minimum atomic E-state index is 0.575. The van der Waals surface area contributed by atoms with Crippen molar-refractivity contribution in [2.24, 2.45) is 5.92 Å². The smallest absolute Gasteiger partial charge is 0.0888 e. The summed E-state index contributed by atoms with van der Waals surface area (Å²) in [6, 6.07) is 6.04. The Kier molecular flexibility index (Phi) is 5.29. The van der Waals surface area contributed by atoms with Crippen LogP contribution in [-0.4, -0.2) is 18.6 Å².